The summed E-state index contributed by atoms with van der Waals surface area (Å²) < 4.78 is 18.7. The molecule has 0 radical (unpaired) electrons. The number of nitrogens with zero attached hydrogens (tertiary/aromatic N) is 1. The van der Waals surface area contributed by atoms with Gasteiger partial charge in [0.05, 0.1) is 12.8 Å². The second kappa shape index (κ2) is 4.64. The standard InChI is InChI=1S/C12H13FN2O3/c1-7-12(17)15(6-11(16)14-7)10-5-8(18-2)3-4-9(10)13/h3-5,7H,6H2,1-2H3,(H,14,16). The Kier molecular flexibility index (Phi) is 3.18. The van der Waals surface area contributed by atoms with Gasteiger partial charge in [0.25, 0.3) is 0 Å². The molecule has 1 saturated heterocycles. The molecule has 1 atom stereocenters. The lowest BCUT2D eigenvalue weighted by Crippen LogP contribution is -2.57. The van der Waals surface area contributed by atoms with E-state index in [0.717, 1.165) is 4.90 Å². The number of anilines is 1. The van der Waals surface area contributed by atoms with Crippen molar-refractivity contribution in [3.8, 4) is 5.75 Å². The number of carbonyl (C=O) groups is 2. The Labute approximate surface area is 104 Å². The number of piperazine rings is 1. The van der Waals surface area contributed by atoms with Crippen LogP contribution in [0, 0.1) is 5.82 Å². The first-order chi connectivity index (χ1) is 8.52. The lowest BCUT2D eigenvalue weighted by molar-refractivity contribution is -0.130. The van der Waals surface area contributed by atoms with Crippen LogP contribution in [0.5, 0.6) is 5.75 Å². The number of hydrogen-bond donors (Lipinski definition) is 1. The molecule has 0 spiro atoms. The highest BCUT2D eigenvalue weighted by atomic mass is 19.1. The van der Waals surface area contributed by atoms with Crippen LogP contribution in [0.15, 0.2) is 18.2 Å². The molecule has 2 amide bonds. The zero-order valence-electron chi connectivity index (χ0n) is 10.1. The SMILES string of the molecule is COc1ccc(F)c(N2CC(=O)NC(C)C2=O)c1. The van der Waals surface area contributed by atoms with Crippen LogP contribution in [0.1, 0.15) is 6.92 Å². The number of nitrogens with one attached hydrogen (secondary N) is 1. The Bertz CT molecular complexity index is 504. The van der Waals surface area contributed by atoms with Gasteiger partial charge in [-0.05, 0) is 19.1 Å². The predicted octanol–water partition coefficient (Wildman–Crippen LogP) is 0.686. The Balaban J connectivity index is 2.40. The number of amides is 2. The highest BCUT2D eigenvalue weighted by Gasteiger charge is 2.32. The third-order valence-electron chi connectivity index (χ3n) is 2.76. The Hall–Kier alpha value is -2.11. The number of benzene rings is 1. The van der Waals surface area contributed by atoms with Gasteiger partial charge in [-0.25, -0.2) is 4.39 Å². The van der Waals surface area contributed by atoms with E-state index >= 15 is 0 Å². The summed E-state index contributed by atoms with van der Waals surface area (Å²) in [6.45, 7) is 1.37. The molecule has 1 aliphatic heterocycles. The van der Waals surface area contributed by atoms with Crippen LogP contribution in [-0.4, -0.2) is 31.5 Å². The third-order valence-corrected chi connectivity index (χ3v) is 2.76. The summed E-state index contributed by atoms with van der Waals surface area (Å²) in [6.07, 6.45) is 0. The van der Waals surface area contributed by atoms with E-state index in [-0.39, 0.29) is 24.0 Å². The van der Waals surface area contributed by atoms with E-state index in [1.54, 1.807) is 6.92 Å². The summed E-state index contributed by atoms with van der Waals surface area (Å²) in [5.41, 5.74) is 0.0565. The van der Waals surface area contributed by atoms with Crippen molar-refractivity contribution in [1.82, 2.24) is 5.32 Å². The fourth-order valence-electron chi connectivity index (χ4n) is 1.83. The van der Waals surface area contributed by atoms with E-state index in [2.05, 4.69) is 5.32 Å². The van der Waals surface area contributed by atoms with Crippen molar-refractivity contribution in [2.45, 2.75) is 13.0 Å². The van der Waals surface area contributed by atoms with Gasteiger partial charge in [-0.2, -0.15) is 0 Å². The molecule has 0 saturated carbocycles. The lowest BCUT2D eigenvalue weighted by Gasteiger charge is -2.31. The molecule has 1 aromatic rings. The summed E-state index contributed by atoms with van der Waals surface area (Å²) in [6, 6.07) is 3.41. The molecule has 18 heavy (non-hydrogen) atoms. The number of hydrogen-bond acceptors (Lipinski definition) is 3. The van der Waals surface area contributed by atoms with Gasteiger partial charge in [0.2, 0.25) is 11.8 Å². The molecule has 1 heterocycles. The van der Waals surface area contributed by atoms with Crippen molar-refractivity contribution in [1.29, 1.82) is 0 Å². The summed E-state index contributed by atoms with van der Waals surface area (Å²) in [4.78, 5) is 24.5. The molecule has 1 unspecified atom stereocenters. The number of halogens is 1. The number of methoxy groups -OCH3 is 1. The summed E-state index contributed by atoms with van der Waals surface area (Å²) in [5.74, 6) is -0.796. The van der Waals surface area contributed by atoms with E-state index in [1.165, 1.54) is 25.3 Å². The first-order valence-corrected chi connectivity index (χ1v) is 5.47. The van der Waals surface area contributed by atoms with Gasteiger partial charge in [0, 0.05) is 6.07 Å². The van der Waals surface area contributed by atoms with Gasteiger partial charge in [-0.3, -0.25) is 14.5 Å². The van der Waals surface area contributed by atoms with E-state index in [4.69, 9.17) is 4.74 Å². The van der Waals surface area contributed by atoms with Crippen molar-refractivity contribution in [3.05, 3.63) is 24.0 Å². The molecular weight excluding hydrogens is 239 g/mol. The van der Waals surface area contributed by atoms with Crippen molar-refractivity contribution >= 4 is 17.5 Å². The minimum absolute atomic E-state index is 0.0565. The van der Waals surface area contributed by atoms with Crippen molar-refractivity contribution in [2.24, 2.45) is 0 Å². The normalized spacial score (nSPS) is 19.7. The van der Waals surface area contributed by atoms with Crippen LogP contribution in [0.25, 0.3) is 0 Å². The molecular formula is C12H13FN2O3. The van der Waals surface area contributed by atoms with Gasteiger partial charge in [0.1, 0.15) is 24.2 Å². The second-order valence-corrected chi connectivity index (χ2v) is 4.03. The van der Waals surface area contributed by atoms with E-state index in [9.17, 15) is 14.0 Å². The molecule has 1 aliphatic rings. The van der Waals surface area contributed by atoms with E-state index < -0.39 is 11.9 Å². The second-order valence-electron chi connectivity index (χ2n) is 4.03. The number of rotatable bonds is 2. The van der Waals surface area contributed by atoms with Gasteiger partial charge in [-0.15, -0.1) is 0 Å². The molecule has 1 N–H and O–H groups in total. The van der Waals surface area contributed by atoms with E-state index in [0.29, 0.717) is 5.75 Å². The molecule has 0 bridgehead atoms. The van der Waals surface area contributed by atoms with Gasteiger partial charge in [-0.1, -0.05) is 0 Å². The van der Waals surface area contributed by atoms with Crippen LogP contribution >= 0.6 is 0 Å². The molecule has 1 aromatic carbocycles. The molecule has 2 rings (SSSR count). The molecule has 96 valence electrons. The molecule has 6 heteroatoms. The van der Waals surface area contributed by atoms with Crippen LogP contribution < -0.4 is 15.0 Å². The zero-order valence-corrected chi connectivity index (χ0v) is 10.1. The van der Waals surface area contributed by atoms with E-state index in [1.807, 2.05) is 0 Å². The summed E-state index contributed by atoms with van der Waals surface area (Å²) in [5, 5.41) is 2.49. The number of ether oxygens (including phenoxy) is 1. The fourth-order valence-corrected chi connectivity index (χ4v) is 1.83. The molecule has 5 nitrogen and oxygen atoms in total. The number of carbonyl (C=O) groups excluding carboxylic acids is 2. The quantitative estimate of drug-likeness (QED) is 0.842. The largest absolute Gasteiger partial charge is 0.497 e. The van der Waals surface area contributed by atoms with Crippen LogP contribution in [0.2, 0.25) is 0 Å². The smallest absolute Gasteiger partial charge is 0.249 e. The predicted molar refractivity (Wildman–Crippen MR) is 62.9 cm³/mol. The van der Waals surface area contributed by atoms with Crippen molar-refractivity contribution in [2.75, 3.05) is 18.6 Å². The maximum atomic E-state index is 13.7. The maximum absolute atomic E-state index is 13.7. The molecule has 0 aliphatic carbocycles. The van der Waals surface area contributed by atoms with Crippen LogP contribution in [0.4, 0.5) is 10.1 Å². The Morgan fingerprint density at radius 1 is 1.44 bits per heavy atom. The van der Waals surface area contributed by atoms with Gasteiger partial charge in [0.15, 0.2) is 0 Å². The first-order valence-electron chi connectivity index (χ1n) is 5.47. The third kappa shape index (κ3) is 2.13. The summed E-state index contributed by atoms with van der Waals surface area (Å²) >= 11 is 0. The topological polar surface area (TPSA) is 58.6 Å². The highest BCUT2D eigenvalue weighted by Crippen LogP contribution is 2.26. The average molecular weight is 252 g/mol. The van der Waals surface area contributed by atoms with Crippen molar-refractivity contribution in [3.63, 3.8) is 0 Å². The van der Waals surface area contributed by atoms with Crippen molar-refractivity contribution < 1.29 is 18.7 Å². The van der Waals surface area contributed by atoms with Crippen LogP contribution in [-0.2, 0) is 9.59 Å². The highest BCUT2D eigenvalue weighted by molar-refractivity contribution is 6.06. The zero-order chi connectivity index (χ0) is 13.3. The minimum Gasteiger partial charge on any atom is -0.497 e. The Morgan fingerprint density at radius 3 is 2.83 bits per heavy atom. The Morgan fingerprint density at radius 2 is 2.17 bits per heavy atom. The van der Waals surface area contributed by atoms with Gasteiger partial charge >= 0.3 is 0 Å². The first kappa shape index (κ1) is 12.3. The minimum atomic E-state index is -0.656. The molecule has 1 fully saturated rings. The maximum Gasteiger partial charge on any atom is 0.249 e. The fraction of sp³-hybridized carbons (Fsp3) is 0.333. The van der Waals surface area contributed by atoms with Gasteiger partial charge < -0.3 is 10.1 Å². The lowest BCUT2D eigenvalue weighted by atomic mass is 10.1. The molecule has 0 aromatic heterocycles. The monoisotopic (exact) mass is 252 g/mol. The summed E-state index contributed by atoms with van der Waals surface area (Å²) in [7, 11) is 1.45. The van der Waals surface area contributed by atoms with Crippen LogP contribution in [0.3, 0.4) is 0 Å². The average Bonchev–Trinajstić information content (AvgIpc) is 2.34.